The second kappa shape index (κ2) is 12.0. The van der Waals surface area contributed by atoms with Crippen molar-refractivity contribution >= 4 is 5.78 Å². The number of ketones is 1. The number of aliphatic hydroxyl groups is 8. The third-order valence-corrected chi connectivity index (χ3v) is 7.55. The zero-order chi connectivity index (χ0) is 29.4. The number of aliphatic hydroxyl groups excluding tert-OH is 8. The molecule has 2 heterocycles. The molecule has 0 unspecified atom stereocenters. The van der Waals surface area contributed by atoms with Gasteiger partial charge in [-0.05, 0) is 41.8 Å². The molecule has 2 fully saturated rings. The van der Waals surface area contributed by atoms with Crippen LogP contribution in [0.5, 0.6) is 0 Å². The summed E-state index contributed by atoms with van der Waals surface area (Å²) in [5.74, 6) is 10.8. The molecule has 2 aromatic carbocycles. The number of benzene rings is 2. The van der Waals surface area contributed by atoms with Crippen LogP contribution in [0.2, 0.25) is 0 Å². The molecule has 0 amide bonds. The van der Waals surface area contributed by atoms with E-state index in [9.17, 15) is 45.6 Å². The van der Waals surface area contributed by atoms with Crippen LogP contribution in [0.25, 0.3) is 11.1 Å². The molecule has 3 aliphatic rings. The topological polar surface area (TPSA) is 197 Å². The van der Waals surface area contributed by atoms with E-state index in [-0.39, 0.29) is 18.8 Å². The van der Waals surface area contributed by atoms with E-state index in [0.29, 0.717) is 33.4 Å². The summed E-state index contributed by atoms with van der Waals surface area (Å²) in [7, 11) is 0. The van der Waals surface area contributed by atoms with Crippen molar-refractivity contribution in [3.05, 3.63) is 58.7 Å². The Morgan fingerprint density at radius 1 is 0.610 bits per heavy atom. The molecule has 2 saturated heterocycles. The average molecular weight is 567 g/mol. The van der Waals surface area contributed by atoms with Crippen molar-refractivity contribution in [1.82, 2.24) is 0 Å². The minimum absolute atomic E-state index is 0.0591. The standard InChI is InChI=1S/C30H30O11/c31-10-9-22-27(36)29(38)25(34)20(40-22)7-3-14-1-5-16-17-6-2-15(12-19(17)24(33)18(16)11-14)4-8-21-26(35)30(39)28(37)23(13-32)41-21/h1-2,5-6,11-12,20-23,25-32,34-39H,9-10,13H2/t20-,21-,22-,23-,25-,26-,27-,28-,29-,30-/m1/s1. The van der Waals surface area contributed by atoms with Gasteiger partial charge in [0.1, 0.15) is 54.9 Å². The highest BCUT2D eigenvalue weighted by molar-refractivity contribution is 6.22. The van der Waals surface area contributed by atoms with Gasteiger partial charge in [-0.2, -0.15) is 0 Å². The van der Waals surface area contributed by atoms with E-state index in [1.807, 2.05) is 0 Å². The highest BCUT2D eigenvalue weighted by Crippen LogP contribution is 2.37. The zero-order valence-corrected chi connectivity index (χ0v) is 21.7. The number of hydrogen-bond acceptors (Lipinski definition) is 11. The number of rotatable bonds is 3. The lowest BCUT2D eigenvalue weighted by molar-refractivity contribution is -0.214. The lowest BCUT2D eigenvalue weighted by Crippen LogP contribution is -2.58. The number of ether oxygens (including phenoxy) is 2. The summed E-state index contributed by atoms with van der Waals surface area (Å²) in [6.07, 6.45) is -13.0. The van der Waals surface area contributed by atoms with Gasteiger partial charge in [-0.25, -0.2) is 0 Å². The normalized spacial score (nSPS) is 34.1. The van der Waals surface area contributed by atoms with E-state index in [4.69, 9.17) is 9.47 Å². The van der Waals surface area contributed by atoms with Gasteiger partial charge in [0.2, 0.25) is 0 Å². The van der Waals surface area contributed by atoms with E-state index in [0.717, 1.165) is 0 Å². The summed E-state index contributed by atoms with van der Waals surface area (Å²) < 4.78 is 11.0. The zero-order valence-electron chi connectivity index (χ0n) is 21.7. The number of fused-ring (bicyclic) bond motifs is 3. The predicted octanol–water partition coefficient (Wildman–Crippen LogP) is -2.32. The second-order valence-electron chi connectivity index (χ2n) is 10.2. The number of carbonyl (C=O) groups excluding carboxylic acids is 1. The molecular weight excluding hydrogens is 536 g/mol. The van der Waals surface area contributed by atoms with Crippen LogP contribution in [0.15, 0.2) is 36.4 Å². The van der Waals surface area contributed by atoms with Crippen LogP contribution < -0.4 is 0 Å². The summed E-state index contributed by atoms with van der Waals surface area (Å²) in [5.41, 5.74) is 3.11. The average Bonchev–Trinajstić information content (AvgIpc) is 3.25. The Morgan fingerprint density at radius 3 is 1.54 bits per heavy atom. The minimum atomic E-state index is -1.54. The number of carbonyl (C=O) groups is 1. The Morgan fingerprint density at radius 2 is 1.07 bits per heavy atom. The van der Waals surface area contributed by atoms with E-state index in [1.165, 1.54) is 0 Å². The van der Waals surface area contributed by atoms with Crippen LogP contribution in [0.1, 0.15) is 33.5 Å². The fourth-order valence-corrected chi connectivity index (χ4v) is 5.20. The van der Waals surface area contributed by atoms with Crippen molar-refractivity contribution in [2.75, 3.05) is 13.2 Å². The SMILES string of the molecule is O=C1c2cc(C#C[C@H]3O[C@H](CO)[C@@H](O)[C@H](O)[C@@H]3O)ccc2-c2ccc(C#C[C@H]3O[C@H](CCO)[C@@H](O)[C@H](O)[C@@H]3O)cc21. The van der Waals surface area contributed by atoms with Crippen LogP contribution >= 0.6 is 0 Å². The quantitative estimate of drug-likeness (QED) is 0.158. The highest BCUT2D eigenvalue weighted by Gasteiger charge is 2.43. The molecule has 0 spiro atoms. The Bertz CT molecular complexity index is 1430. The molecule has 0 bridgehead atoms. The first-order valence-electron chi connectivity index (χ1n) is 13.1. The Kier molecular flexibility index (Phi) is 8.57. The van der Waals surface area contributed by atoms with Gasteiger partial charge in [0.25, 0.3) is 0 Å². The first-order chi connectivity index (χ1) is 19.6. The molecule has 8 N–H and O–H groups in total. The van der Waals surface area contributed by atoms with Gasteiger partial charge in [0.05, 0.1) is 12.7 Å². The molecule has 11 nitrogen and oxygen atoms in total. The molecule has 1 aliphatic carbocycles. The van der Waals surface area contributed by atoms with Crippen molar-refractivity contribution in [1.29, 1.82) is 0 Å². The molecule has 41 heavy (non-hydrogen) atoms. The molecule has 2 aliphatic heterocycles. The summed E-state index contributed by atoms with van der Waals surface area (Å²) in [4.78, 5) is 13.3. The fourth-order valence-electron chi connectivity index (χ4n) is 5.20. The Hall–Kier alpha value is -3.17. The molecular formula is C30H30O11. The van der Waals surface area contributed by atoms with Gasteiger partial charge < -0.3 is 50.3 Å². The lowest BCUT2D eigenvalue weighted by atomic mass is 9.93. The van der Waals surface area contributed by atoms with Gasteiger partial charge in [-0.15, -0.1) is 0 Å². The molecule has 0 radical (unpaired) electrons. The second-order valence-corrected chi connectivity index (χ2v) is 10.2. The maximum absolute atomic E-state index is 13.3. The van der Waals surface area contributed by atoms with E-state index >= 15 is 0 Å². The lowest BCUT2D eigenvalue weighted by Gasteiger charge is -2.38. The van der Waals surface area contributed by atoms with Crippen LogP contribution in [0, 0.1) is 23.7 Å². The van der Waals surface area contributed by atoms with E-state index < -0.39 is 67.6 Å². The maximum atomic E-state index is 13.3. The van der Waals surface area contributed by atoms with Crippen LogP contribution in [0.4, 0.5) is 0 Å². The van der Waals surface area contributed by atoms with Gasteiger partial charge in [0, 0.05) is 28.9 Å². The monoisotopic (exact) mass is 566 g/mol. The first kappa shape index (κ1) is 29.3. The van der Waals surface area contributed by atoms with Crippen molar-refractivity contribution < 1.29 is 55.1 Å². The van der Waals surface area contributed by atoms with Gasteiger partial charge in [-0.1, -0.05) is 35.8 Å². The van der Waals surface area contributed by atoms with Gasteiger partial charge >= 0.3 is 0 Å². The van der Waals surface area contributed by atoms with Gasteiger partial charge in [0.15, 0.2) is 5.78 Å². The molecule has 10 atom stereocenters. The molecule has 5 rings (SSSR count). The molecule has 0 saturated carbocycles. The maximum Gasteiger partial charge on any atom is 0.194 e. The summed E-state index contributed by atoms with van der Waals surface area (Å²) in [5, 5.41) is 79.1. The van der Waals surface area contributed by atoms with Crippen molar-refractivity contribution in [3.63, 3.8) is 0 Å². The van der Waals surface area contributed by atoms with E-state index in [1.54, 1.807) is 36.4 Å². The van der Waals surface area contributed by atoms with Crippen molar-refractivity contribution in [3.8, 4) is 34.8 Å². The third-order valence-electron chi connectivity index (χ3n) is 7.55. The van der Waals surface area contributed by atoms with Crippen molar-refractivity contribution in [2.45, 2.75) is 67.5 Å². The number of hydrogen-bond donors (Lipinski definition) is 8. The summed E-state index contributed by atoms with van der Waals surface area (Å²) >= 11 is 0. The molecule has 216 valence electrons. The smallest absolute Gasteiger partial charge is 0.194 e. The van der Waals surface area contributed by atoms with E-state index in [2.05, 4.69) is 23.7 Å². The first-order valence-corrected chi connectivity index (χ1v) is 13.1. The highest BCUT2D eigenvalue weighted by atomic mass is 16.5. The molecule has 2 aromatic rings. The van der Waals surface area contributed by atoms with Crippen molar-refractivity contribution in [2.24, 2.45) is 0 Å². The predicted molar refractivity (Wildman–Crippen MR) is 141 cm³/mol. The minimum Gasteiger partial charge on any atom is -0.396 e. The van der Waals surface area contributed by atoms with Crippen LogP contribution in [0.3, 0.4) is 0 Å². The van der Waals surface area contributed by atoms with Gasteiger partial charge in [-0.3, -0.25) is 4.79 Å². The summed E-state index contributed by atoms with van der Waals surface area (Å²) in [6, 6.07) is 10.1. The van der Waals surface area contributed by atoms with Crippen LogP contribution in [-0.4, -0.2) is 121 Å². The van der Waals surface area contributed by atoms with Crippen LogP contribution in [-0.2, 0) is 9.47 Å². The molecule has 11 heteroatoms. The summed E-state index contributed by atoms with van der Waals surface area (Å²) in [6.45, 7) is -0.843. The molecule has 0 aromatic heterocycles. The fraction of sp³-hybridized carbons (Fsp3) is 0.433. The Balaban J connectivity index is 1.34. The third kappa shape index (κ3) is 5.54. The Labute approximate surface area is 235 Å². The largest absolute Gasteiger partial charge is 0.396 e.